The van der Waals surface area contributed by atoms with Gasteiger partial charge in [0.15, 0.2) is 0 Å². The number of carbonyl (C=O) groups is 3. The molecule has 0 aliphatic heterocycles. The van der Waals surface area contributed by atoms with E-state index in [9.17, 15) is 32.9 Å². The first-order valence-electron chi connectivity index (χ1n) is 15.5. The molecule has 5 aromatic rings. The topological polar surface area (TPSA) is 206 Å². The van der Waals surface area contributed by atoms with Crippen LogP contribution in [0.3, 0.4) is 0 Å². The highest BCUT2D eigenvalue weighted by atomic mass is 32.2. The van der Waals surface area contributed by atoms with Crippen molar-refractivity contribution in [3.63, 3.8) is 0 Å². The number of benzene rings is 5. The van der Waals surface area contributed by atoms with Crippen LogP contribution in [0.4, 0.5) is 17.1 Å². The van der Waals surface area contributed by atoms with E-state index >= 15 is 0 Å². The molecule has 0 radical (unpaired) electrons. The minimum absolute atomic E-state index is 0.00242. The number of nitrogens with one attached hydrogen (secondary N) is 4. The predicted molar refractivity (Wildman–Crippen MR) is 193 cm³/mol. The monoisotopic (exact) mass is 721 g/mol. The van der Waals surface area contributed by atoms with Crippen LogP contribution in [0, 0.1) is 17.0 Å². The maximum absolute atomic E-state index is 13.4. The van der Waals surface area contributed by atoms with E-state index in [1.165, 1.54) is 48.0 Å². The number of hydrogen-bond acceptors (Lipinski definition) is 10. The smallest absolute Gasteiger partial charge is 0.293 e. The van der Waals surface area contributed by atoms with Gasteiger partial charge < -0.3 is 15.4 Å². The number of sulfonamides is 1. The molecule has 5 N–H and O–H groups in total. The Morgan fingerprint density at radius 1 is 0.865 bits per heavy atom. The third-order valence-corrected chi connectivity index (χ3v) is 8.90. The highest BCUT2D eigenvalue weighted by Gasteiger charge is 2.26. The molecule has 0 heterocycles. The number of aryl methyl sites for hydroxylation is 1. The molecule has 0 aliphatic carbocycles. The van der Waals surface area contributed by atoms with Crippen molar-refractivity contribution in [2.24, 2.45) is 0 Å². The van der Waals surface area contributed by atoms with Crippen molar-refractivity contribution in [1.29, 1.82) is 0 Å². The van der Waals surface area contributed by atoms with E-state index in [1.807, 2.05) is 35.9 Å². The van der Waals surface area contributed by atoms with E-state index in [2.05, 4.69) is 10.6 Å². The van der Waals surface area contributed by atoms with Crippen LogP contribution in [0.15, 0.2) is 126 Å². The van der Waals surface area contributed by atoms with Crippen LogP contribution in [-0.4, -0.2) is 36.3 Å². The van der Waals surface area contributed by atoms with Crippen molar-refractivity contribution in [1.82, 2.24) is 10.2 Å². The molecule has 14 nitrogen and oxygen atoms in total. The van der Waals surface area contributed by atoms with E-state index in [1.54, 1.807) is 48.5 Å². The molecule has 0 atom stereocenters. The summed E-state index contributed by atoms with van der Waals surface area (Å²) < 4.78 is 34.6. The Hall–Kier alpha value is -6.84. The lowest BCUT2D eigenvalue weighted by Gasteiger charge is -2.14. The number of rotatable bonds is 13. The molecular formula is C37H31N5O9S. The van der Waals surface area contributed by atoms with Crippen LogP contribution in [-0.2, 0) is 21.4 Å². The van der Waals surface area contributed by atoms with Crippen molar-refractivity contribution < 1.29 is 37.7 Å². The number of nitro groups is 1. The molecule has 264 valence electrons. The van der Waals surface area contributed by atoms with Gasteiger partial charge in [-0.3, -0.25) is 29.7 Å². The molecule has 0 aliphatic rings. The van der Waals surface area contributed by atoms with Crippen molar-refractivity contribution in [3.05, 3.63) is 159 Å². The summed E-state index contributed by atoms with van der Waals surface area (Å²) in [6, 6.07) is 29.1. The van der Waals surface area contributed by atoms with Gasteiger partial charge in [-0.15, -0.1) is 0 Å². The molecule has 5 rings (SSSR count). The summed E-state index contributed by atoms with van der Waals surface area (Å²) in [7, 11) is -4.64. The Bertz CT molecular complexity index is 2280. The summed E-state index contributed by atoms with van der Waals surface area (Å²) in [4.78, 5) is 48.3. The number of ether oxygens (including phenoxy) is 1. The van der Waals surface area contributed by atoms with Crippen LogP contribution >= 0.6 is 0 Å². The first kappa shape index (κ1) is 36.4. The Morgan fingerprint density at radius 3 is 2.27 bits per heavy atom. The maximum atomic E-state index is 13.4. The second-order valence-corrected chi connectivity index (χ2v) is 12.8. The molecule has 0 bridgehead atoms. The zero-order valence-corrected chi connectivity index (χ0v) is 28.2. The van der Waals surface area contributed by atoms with Crippen LogP contribution in [0.1, 0.15) is 37.4 Å². The van der Waals surface area contributed by atoms with Crippen molar-refractivity contribution in [2.45, 2.75) is 18.4 Å². The lowest BCUT2D eigenvalue weighted by atomic mass is 10.1. The molecule has 0 aromatic heterocycles. The summed E-state index contributed by atoms with van der Waals surface area (Å²) in [6.07, 6.45) is 3.01. The molecule has 0 saturated heterocycles. The molecule has 52 heavy (non-hydrogen) atoms. The number of anilines is 2. The third-order valence-electron chi connectivity index (χ3n) is 7.57. The Labute approximate surface area is 297 Å². The molecular weight excluding hydrogens is 691 g/mol. The summed E-state index contributed by atoms with van der Waals surface area (Å²) in [5.41, 5.74) is 3.66. The van der Waals surface area contributed by atoms with Gasteiger partial charge in [-0.05, 0) is 78.2 Å². The fourth-order valence-corrected chi connectivity index (χ4v) is 5.85. The molecule has 0 unspecified atom stereocenters. The van der Waals surface area contributed by atoms with Crippen LogP contribution in [0.5, 0.6) is 11.5 Å². The first-order chi connectivity index (χ1) is 24.9. The zero-order chi connectivity index (χ0) is 37.3. The average Bonchev–Trinajstić information content (AvgIpc) is 3.13. The van der Waals surface area contributed by atoms with Gasteiger partial charge in [0.1, 0.15) is 17.2 Å². The SMILES string of the molecule is Cc1ccccc1/C=C/C(=O)Nc1ccc(C(=O)NS(=O)(=O)c2ccc(NCc3ccc(C(=O)NO)cc3)c([N+](=O)[O-])c2)c(Oc2ccccc2)c1. The van der Waals surface area contributed by atoms with Gasteiger partial charge in [0, 0.05) is 36.0 Å². The number of hydrogen-bond donors (Lipinski definition) is 5. The summed E-state index contributed by atoms with van der Waals surface area (Å²) in [5.74, 6) is -2.00. The van der Waals surface area contributed by atoms with Crippen molar-refractivity contribution >= 4 is 50.9 Å². The molecule has 3 amide bonds. The molecule has 0 spiro atoms. The van der Waals surface area contributed by atoms with Gasteiger partial charge in [0.2, 0.25) is 5.91 Å². The Balaban J connectivity index is 1.35. The Morgan fingerprint density at radius 2 is 1.58 bits per heavy atom. The van der Waals surface area contributed by atoms with E-state index in [-0.39, 0.29) is 34.8 Å². The number of carbonyl (C=O) groups excluding carboxylic acids is 3. The highest BCUT2D eigenvalue weighted by Crippen LogP contribution is 2.31. The fraction of sp³-hybridized carbons (Fsp3) is 0.0541. The third kappa shape index (κ3) is 9.23. The van der Waals surface area contributed by atoms with Gasteiger partial charge in [-0.25, -0.2) is 18.6 Å². The molecule has 15 heteroatoms. The lowest BCUT2D eigenvalue weighted by molar-refractivity contribution is -0.384. The second-order valence-electron chi connectivity index (χ2n) is 11.2. The van der Waals surface area contributed by atoms with Crippen LogP contribution in [0.2, 0.25) is 0 Å². The highest BCUT2D eigenvalue weighted by molar-refractivity contribution is 7.90. The molecule has 0 fully saturated rings. The van der Waals surface area contributed by atoms with Crippen molar-refractivity contribution in [2.75, 3.05) is 10.6 Å². The number of hydroxylamine groups is 1. The van der Waals surface area contributed by atoms with E-state index < -0.39 is 43.3 Å². The maximum Gasteiger partial charge on any atom is 0.293 e. The quantitative estimate of drug-likeness (QED) is 0.0403. The first-order valence-corrected chi connectivity index (χ1v) is 17.0. The molecule has 0 saturated carbocycles. The van der Waals surface area contributed by atoms with E-state index in [4.69, 9.17) is 9.94 Å². The van der Waals surface area contributed by atoms with Crippen LogP contribution < -0.4 is 25.6 Å². The van der Waals surface area contributed by atoms with E-state index in [0.717, 1.165) is 23.3 Å². The van der Waals surface area contributed by atoms with Gasteiger partial charge in [0.25, 0.3) is 27.5 Å². The Kier molecular flexibility index (Phi) is 11.4. The summed E-state index contributed by atoms with van der Waals surface area (Å²) >= 11 is 0. The summed E-state index contributed by atoms with van der Waals surface area (Å²) in [6.45, 7) is 1.99. The fourth-order valence-electron chi connectivity index (χ4n) is 4.86. The summed E-state index contributed by atoms with van der Waals surface area (Å²) in [5, 5.41) is 26.3. The van der Waals surface area contributed by atoms with E-state index in [0.29, 0.717) is 11.3 Å². The van der Waals surface area contributed by atoms with Gasteiger partial charge >= 0.3 is 0 Å². The number of amides is 3. The zero-order valence-electron chi connectivity index (χ0n) is 27.4. The lowest BCUT2D eigenvalue weighted by Crippen LogP contribution is -2.31. The average molecular weight is 722 g/mol. The normalized spacial score (nSPS) is 11.0. The second kappa shape index (κ2) is 16.2. The molecule has 5 aromatic carbocycles. The van der Waals surface area contributed by atoms with Gasteiger partial charge in [-0.1, -0.05) is 54.6 Å². The van der Waals surface area contributed by atoms with Crippen LogP contribution in [0.25, 0.3) is 6.08 Å². The number of para-hydroxylation sites is 1. The van der Waals surface area contributed by atoms with Gasteiger partial charge in [0.05, 0.1) is 15.4 Å². The standard InChI is InChI=1S/C37H31N5O9S/c1-24-7-5-6-8-26(24)15-20-35(43)39-28-16-18-31(34(21-28)51-29-9-3-2-4-10-29)37(45)41-52(49,50)30-17-19-32(33(22-30)42(47)48)38-23-25-11-13-27(14-12-25)36(44)40-46/h2-22,38,46H,23H2,1H3,(H,39,43)(H,40,44)(H,41,45)/b20-15+. The minimum atomic E-state index is -4.64. The van der Waals surface area contributed by atoms with Crippen molar-refractivity contribution in [3.8, 4) is 11.5 Å². The number of nitrogens with zero attached hydrogens (tertiary/aromatic N) is 1. The minimum Gasteiger partial charge on any atom is -0.456 e. The van der Waals surface area contributed by atoms with Gasteiger partial charge in [-0.2, -0.15) is 0 Å². The largest absolute Gasteiger partial charge is 0.456 e. The number of nitro benzene ring substituents is 1. The predicted octanol–water partition coefficient (Wildman–Crippen LogP) is 6.20.